The maximum atomic E-state index is 12.7. The average Bonchev–Trinajstić information content (AvgIpc) is 3.54. The Bertz CT molecular complexity index is 1550. The van der Waals surface area contributed by atoms with Gasteiger partial charge in [0, 0.05) is 5.39 Å². The van der Waals surface area contributed by atoms with Gasteiger partial charge in [-0.2, -0.15) is 10.2 Å². The summed E-state index contributed by atoms with van der Waals surface area (Å²) in [5, 5.41) is 12.9. The lowest BCUT2D eigenvalue weighted by atomic mass is 10.2. The number of fused-ring (bicyclic) bond motifs is 1. The molecular weight excluding hydrogens is 474 g/mol. The minimum absolute atomic E-state index is 0.391. The minimum Gasteiger partial charge on any atom is -0.451 e. The molecule has 0 aliphatic rings. The molecule has 0 aliphatic carbocycles. The molecule has 2 aromatic carbocycles. The Labute approximate surface area is 212 Å². The van der Waals surface area contributed by atoms with Crippen LogP contribution in [-0.2, 0) is 16.1 Å². The summed E-state index contributed by atoms with van der Waals surface area (Å²) < 4.78 is 9.00. The standard InChI is InChI=1S/C27H25N5O3S/c1-17-22-14-23(36-26(22)31(29-17)15-20-10-6-4-7-11-20)27(34)35-16-24(33)28-25-18(2)30-32(19(25)3)21-12-8-5-9-13-21/h4-14H,15-16H2,1-3H3,(H,28,33). The molecule has 0 spiro atoms. The first kappa shape index (κ1) is 23.5. The number of benzene rings is 2. The van der Waals surface area contributed by atoms with Gasteiger partial charge < -0.3 is 10.1 Å². The van der Waals surface area contributed by atoms with Crippen molar-refractivity contribution in [2.45, 2.75) is 27.3 Å². The van der Waals surface area contributed by atoms with E-state index in [9.17, 15) is 9.59 Å². The van der Waals surface area contributed by atoms with Crippen LogP contribution in [0, 0.1) is 20.8 Å². The van der Waals surface area contributed by atoms with Crippen LogP contribution in [0.4, 0.5) is 5.69 Å². The molecule has 0 saturated heterocycles. The molecule has 0 unspecified atom stereocenters. The van der Waals surface area contributed by atoms with Crippen LogP contribution < -0.4 is 5.32 Å². The van der Waals surface area contributed by atoms with E-state index in [0.29, 0.717) is 22.8 Å². The van der Waals surface area contributed by atoms with E-state index in [1.165, 1.54) is 11.3 Å². The van der Waals surface area contributed by atoms with Gasteiger partial charge in [0.1, 0.15) is 9.71 Å². The molecule has 3 heterocycles. The summed E-state index contributed by atoms with van der Waals surface area (Å²) in [7, 11) is 0. The van der Waals surface area contributed by atoms with Crippen LogP contribution in [0.25, 0.3) is 15.9 Å². The van der Waals surface area contributed by atoms with E-state index in [4.69, 9.17) is 4.74 Å². The first-order valence-corrected chi connectivity index (χ1v) is 12.3. The van der Waals surface area contributed by atoms with E-state index in [-0.39, 0.29) is 0 Å². The summed E-state index contributed by atoms with van der Waals surface area (Å²) in [5.41, 5.74) is 4.95. The van der Waals surface area contributed by atoms with Gasteiger partial charge in [-0.1, -0.05) is 48.5 Å². The highest BCUT2D eigenvalue weighted by Crippen LogP contribution is 2.29. The molecule has 5 rings (SSSR count). The highest BCUT2D eigenvalue weighted by Gasteiger charge is 2.20. The molecule has 0 saturated carbocycles. The number of hydrogen-bond donors (Lipinski definition) is 1. The van der Waals surface area contributed by atoms with Crippen LogP contribution in [0.1, 0.15) is 32.3 Å². The van der Waals surface area contributed by atoms with Crippen LogP contribution in [-0.4, -0.2) is 38.0 Å². The van der Waals surface area contributed by atoms with Crippen molar-refractivity contribution < 1.29 is 14.3 Å². The van der Waals surface area contributed by atoms with E-state index >= 15 is 0 Å². The van der Waals surface area contributed by atoms with Gasteiger partial charge in [-0.3, -0.25) is 9.48 Å². The Morgan fingerprint density at radius 3 is 2.36 bits per heavy atom. The number of nitrogens with one attached hydrogen (secondary N) is 1. The van der Waals surface area contributed by atoms with E-state index in [1.807, 2.05) is 86.1 Å². The lowest BCUT2D eigenvalue weighted by Crippen LogP contribution is -2.21. The van der Waals surface area contributed by atoms with Crippen LogP contribution in [0.5, 0.6) is 0 Å². The van der Waals surface area contributed by atoms with Crippen molar-refractivity contribution in [3.63, 3.8) is 0 Å². The van der Waals surface area contributed by atoms with Crippen LogP contribution >= 0.6 is 11.3 Å². The number of nitrogens with zero attached hydrogens (tertiary/aromatic N) is 4. The predicted octanol–water partition coefficient (Wildman–Crippen LogP) is 5.05. The Hall–Kier alpha value is -4.24. The topological polar surface area (TPSA) is 91.0 Å². The number of para-hydroxylation sites is 1. The second-order valence-corrected chi connectivity index (χ2v) is 9.51. The maximum absolute atomic E-state index is 12.7. The Morgan fingerprint density at radius 1 is 0.944 bits per heavy atom. The van der Waals surface area contributed by atoms with Gasteiger partial charge in [0.15, 0.2) is 6.61 Å². The number of anilines is 1. The van der Waals surface area contributed by atoms with E-state index in [0.717, 1.165) is 32.9 Å². The maximum Gasteiger partial charge on any atom is 0.348 e. The number of carbonyl (C=O) groups is 2. The number of aryl methyl sites for hydroxylation is 2. The largest absolute Gasteiger partial charge is 0.451 e. The summed E-state index contributed by atoms with van der Waals surface area (Å²) in [4.78, 5) is 26.7. The summed E-state index contributed by atoms with van der Waals surface area (Å²) in [5.74, 6) is -0.958. The third-order valence-corrected chi connectivity index (χ3v) is 7.00. The quantitative estimate of drug-likeness (QED) is 0.316. The lowest BCUT2D eigenvalue weighted by Gasteiger charge is -2.07. The fraction of sp³-hybridized carbons (Fsp3) is 0.185. The second kappa shape index (κ2) is 9.79. The van der Waals surface area contributed by atoms with Gasteiger partial charge in [-0.25, -0.2) is 9.48 Å². The molecule has 9 heteroatoms. The zero-order chi connectivity index (χ0) is 25.2. The fourth-order valence-corrected chi connectivity index (χ4v) is 5.15. The van der Waals surface area contributed by atoms with Crippen molar-refractivity contribution in [2.75, 3.05) is 11.9 Å². The number of rotatable bonds is 7. The van der Waals surface area contributed by atoms with Gasteiger partial charge in [-0.15, -0.1) is 11.3 Å². The van der Waals surface area contributed by atoms with Crippen molar-refractivity contribution >= 4 is 39.1 Å². The highest BCUT2D eigenvalue weighted by molar-refractivity contribution is 7.20. The zero-order valence-corrected chi connectivity index (χ0v) is 21.0. The zero-order valence-electron chi connectivity index (χ0n) is 20.2. The molecule has 0 atom stereocenters. The molecular formula is C27H25N5O3S. The van der Waals surface area contributed by atoms with Crippen molar-refractivity contribution in [3.05, 3.63) is 94.3 Å². The van der Waals surface area contributed by atoms with Crippen molar-refractivity contribution in [3.8, 4) is 5.69 Å². The van der Waals surface area contributed by atoms with Crippen molar-refractivity contribution in [1.82, 2.24) is 19.6 Å². The van der Waals surface area contributed by atoms with Crippen LogP contribution in [0.15, 0.2) is 66.7 Å². The number of amides is 1. The van der Waals surface area contributed by atoms with Crippen LogP contribution in [0.2, 0.25) is 0 Å². The number of aromatic nitrogens is 4. The van der Waals surface area contributed by atoms with Gasteiger partial charge in [0.2, 0.25) is 0 Å². The summed E-state index contributed by atoms with van der Waals surface area (Å²) >= 11 is 1.31. The molecule has 8 nitrogen and oxygen atoms in total. The number of thiophene rings is 1. The number of ether oxygens (including phenoxy) is 1. The predicted molar refractivity (Wildman–Crippen MR) is 140 cm³/mol. The van der Waals surface area contributed by atoms with E-state index in [1.54, 1.807) is 10.7 Å². The molecule has 0 fully saturated rings. The number of hydrogen-bond acceptors (Lipinski definition) is 6. The van der Waals surface area contributed by atoms with Gasteiger partial charge in [0.05, 0.1) is 35.0 Å². The molecule has 182 valence electrons. The van der Waals surface area contributed by atoms with Crippen molar-refractivity contribution in [1.29, 1.82) is 0 Å². The summed E-state index contributed by atoms with van der Waals surface area (Å²) in [6.07, 6.45) is 0. The Balaban J connectivity index is 1.25. The molecule has 1 amide bonds. The third kappa shape index (κ3) is 4.65. The van der Waals surface area contributed by atoms with Gasteiger partial charge in [-0.05, 0) is 44.5 Å². The number of esters is 1. The molecule has 5 aromatic rings. The van der Waals surface area contributed by atoms with Gasteiger partial charge in [0.25, 0.3) is 5.91 Å². The minimum atomic E-state index is -0.537. The summed E-state index contributed by atoms with van der Waals surface area (Å²) in [6.45, 7) is 5.84. The normalized spacial score (nSPS) is 11.1. The van der Waals surface area contributed by atoms with Crippen LogP contribution in [0.3, 0.4) is 0 Å². The molecule has 3 aromatic heterocycles. The van der Waals surface area contributed by atoms with Crippen molar-refractivity contribution in [2.24, 2.45) is 0 Å². The SMILES string of the molecule is Cc1nn(-c2ccccc2)c(C)c1NC(=O)COC(=O)c1cc2c(C)nn(Cc3ccccc3)c2s1. The summed E-state index contributed by atoms with van der Waals surface area (Å²) in [6, 6.07) is 21.5. The van der Waals surface area contributed by atoms with Gasteiger partial charge >= 0.3 is 5.97 Å². The van der Waals surface area contributed by atoms with E-state index in [2.05, 4.69) is 15.5 Å². The molecule has 0 aliphatic heterocycles. The average molecular weight is 500 g/mol. The van der Waals surface area contributed by atoms with E-state index < -0.39 is 18.5 Å². The molecule has 1 N–H and O–H groups in total. The lowest BCUT2D eigenvalue weighted by molar-refractivity contribution is -0.119. The smallest absolute Gasteiger partial charge is 0.348 e. The number of carbonyl (C=O) groups excluding carboxylic acids is 2. The third-order valence-electron chi connectivity index (χ3n) is 5.87. The Morgan fingerprint density at radius 2 is 1.64 bits per heavy atom. The fourth-order valence-electron chi connectivity index (χ4n) is 4.10. The Kier molecular flexibility index (Phi) is 6.39. The highest BCUT2D eigenvalue weighted by atomic mass is 32.1. The molecule has 36 heavy (non-hydrogen) atoms. The first-order chi connectivity index (χ1) is 17.4. The molecule has 0 radical (unpaired) electrons. The first-order valence-electron chi connectivity index (χ1n) is 11.5. The monoisotopic (exact) mass is 499 g/mol. The molecule has 0 bridgehead atoms. The second-order valence-electron chi connectivity index (χ2n) is 8.48.